The number of nitrogens with zero attached hydrogens (tertiary/aromatic N) is 2. The molecule has 3 N–H and O–H groups in total. The van der Waals surface area contributed by atoms with Crippen LogP contribution in [0.1, 0.15) is 38.1 Å². The zero-order chi connectivity index (χ0) is 23.4. The van der Waals surface area contributed by atoms with E-state index in [1.807, 2.05) is 48.5 Å². The predicted octanol–water partition coefficient (Wildman–Crippen LogP) is 3.64. The Morgan fingerprint density at radius 2 is 1.94 bits per heavy atom. The normalized spacial score (nSPS) is 16.0. The second-order valence-corrected chi connectivity index (χ2v) is 8.83. The average Bonchev–Trinajstić information content (AvgIpc) is 3.29. The summed E-state index contributed by atoms with van der Waals surface area (Å²) in [4.78, 5) is 46.4. The first kappa shape index (κ1) is 22.5. The van der Waals surface area contributed by atoms with Crippen molar-refractivity contribution in [3.63, 3.8) is 0 Å². The topological polar surface area (TPSA) is 107 Å². The largest absolute Gasteiger partial charge is 0.342 e. The number of fused-ring (bicyclic) bond motifs is 1. The summed E-state index contributed by atoms with van der Waals surface area (Å²) < 4.78 is 0. The van der Waals surface area contributed by atoms with E-state index in [1.165, 1.54) is 4.90 Å². The van der Waals surface area contributed by atoms with Gasteiger partial charge in [0.05, 0.1) is 11.0 Å². The molecule has 2 aromatic carbocycles. The monoisotopic (exact) mass is 447 g/mol. The summed E-state index contributed by atoms with van der Waals surface area (Å²) >= 11 is 0. The number of benzene rings is 2. The van der Waals surface area contributed by atoms with E-state index in [4.69, 9.17) is 0 Å². The van der Waals surface area contributed by atoms with Gasteiger partial charge in [-0.05, 0) is 42.5 Å². The molecule has 0 spiro atoms. The molecule has 1 aliphatic heterocycles. The number of hydrogen-bond acceptors (Lipinski definition) is 4. The SMILES string of the molecule is CC(C)Cc1nc2ccc(NC(=O)CC[C@@H]3NC(=O)N(CCc4ccccc4)C3=O)cc2[nH]1. The molecule has 1 aromatic heterocycles. The molecular formula is C25H29N5O3. The molecule has 0 radical (unpaired) electrons. The molecule has 4 amide bonds. The van der Waals surface area contributed by atoms with Crippen LogP contribution in [0.2, 0.25) is 0 Å². The molecule has 1 atom stereocenters. The van der Waals surface area contributed by atoms with Crippen LogP contribution in [0.4, 0.5) is 10.5 Å². The van der Waals surface area contributed by atoms with Crippen LogP contribution < -0.4 is 10.6 Å². The summed E-state index contributed by atoms with van der Waals surface area (Å²) in [5, 5.41) is 5.56. The fraction of sp³-hybridized carbons (Fsp3) is 0.360. The summed E-state index contributed by atoms with van der Waals surface area (Å²) in [5.74, 6) is 0.940. The number of carbonyl (C=O) groups excluding carboxylic acids is 3. The summed E-state index contributed by atoms with van der Waals surface area (Å²) in [7, 11) is 0. The smallest absolute Gasteiger partial charge is 0.324 e. The van der Waals surface area contributed by atoms with E-state index in [1.54, 1.807) is 0 Å². The number of hydrogen-bond donors (Lipinski definition) is 3. The van der Waals surface area contributed by atoms with Gasteiger partial charge in [-0.2, -0.15) is 0 Å². The van der Waals surface area contributed by atoms with Crippen molar-refractivity contribution in [2.45, 2.75) is 45.6 Å². The zero-order valence-corrected chi connectivity index (χ0v) is 18.9. The van der Waals surface area contributed by atoms with Gasteiger partial charge in [-0.3, -0.25) is 14.5 Å². The van der Waals surface area contributed by atoms with Crippen LogP contribution in [0.5, 0.6) is 0 Å². The highest BCUT2D eigenvalue weighted by molar-refractivity contribution is 6.04. The molecular weight excluding hydrogens is 418 g/mol. The van der Waals surface area contributed by atoms with Crippen LogP contribution in [-0.2, 0) is 22.4 Å². The van der Waals surface area contributed by atoms with Gasteiger partial charge in [0.15, 0.2) is 0 Å². The van der Waals surface area contributed by atoms with Gasteiger partial charge in [-0.25, -0.2) is 9.78 Å². The quantitative estimate of drug-likeness (QED) is 0.435. The number of imide groups is 1. The van der Waals surface area contributed by atoms with Crippen LogP contribution in [0.3, 0.4) is 0 Å². The number of carbonyl (C=O) groups is 3. The third-order valence-electron chi connectivity index (χ3n) is 5.65. The van der Waals surface area contributed by atoms with E-state index >= 15 is 0 Å². The molecule has 0 bridgehead atoms. The number of aromatic amines is 1. The maximum Gasteiger partial charge on any atom is 0.324 e. The van der Waals surface area contributed by atoms with Crippen LogP contribution in [0.25, 0.3) is 11.0 Å². The van der Waals surface area contributed by atoms with E-state index in [9.17, 15) is 14.4 Å². The number of amides is 4. The molecule has 0 unspecified atom stereocenters. The average molecular weight is 448 g/mol. The Labute approximate surface area is 192 Å². The molecule has 1 fully saturated rings. The van der Waals surface area contributed by atoms with Gasteiger partial charge in [0.2, 0.25) is 5.91 Å². The third-order valence-corrected chi connectivity index (χ3v) is 5.65. The molecule has 3 aromatic rings. The molecule has 172 valence electrons. The van der Waals surface area contributed by atoms with E-state index in [2.05, 4.69) is 34.4 Å². The van der Waals surface area contributed by atoms with Crippen LogP contribution in [0.15, 0.2) is 48.5 Å². The van der Waals surface area contributed by atoms with E-state index in [0.29, 0.717) is 24.6 Å². The first-order valence-corrected chi connectivity index (χ1v) is 11.3. The lowest BCUT2D eigenvalue weighted by molar-refractivity contribution is -0.127. The molecule has 8 heteroatoms. The van der Waals surface area contributed by atoms with Crippen LogP contribution >= 0.6 is 0 Å². The van der Waals surface area contributed by atoms with E-state index < -0.39 is 12.1 Å². The first-order chi connectivity index (χ1) is 15.9. The third kappa shape index (κ3) is 5.58. The lowest BCUT2D eigenvalue weighted by Crippen LogP contribution is -2.33. The fourth-order valence-corrected chi connectivity index (χ4v) is 3.99. The molecule has 8 nitrogen and oxygen atoms in total. The van der Waals surface area contributed by atoms with Crippen molar-refractivity contribution < 1.29 is 14.4 Å². The maximum absolute atomic E-state index is 12.6. The molecule has 2 heterocycles. The summed E-state index contributed by atoms with van der Waals surface area (Å²) in [6.07, 6.45) is 1.84. The number of imidazole rings is 1. The molecule has 1 aliphatic rings. The Morgan fingerprint density at radius 1 is 1.15 bits per heavy atom. The maximum atomic E-state index is 12.6. The van der Waals surface area contributed by atoms with Crippen molar-refractivity contribution in [2.75, 3.05) is 11.9 Å². The Kier molecular flexibility index (Phi) is 6.72. The number of anilines is 1. The lowest BCUT2D eigenvalue weighted by Gasteiger charge is -2.13. The van der Waals surface area contributed by atoms with Gasteiger partial charge in [-0.1, -0.05) is 44.2 Å². The Balaban J connectivity index is 1.28. The van der Waals surface area contributed by atoms with Crippen molar-refractivity contribution in [1.82, 2.24) is 20.2 Å². The van der Waals surface area contributed by atoms with Gasteiger partial charge < -0.3 is 15.6 Å². The number of rotatable bonds is 9. The lowest BCUT2D eigenvalue weighted by atomic mass is 10.1. The zero-order valence-electron chi connectivity index (χ0n) is 18.9. The minimum atomic E-state index is -0.673. The number of urea groups is 1. The number of H-pyrrole nitrogens is 1. The van der Waals surface area contributed by atoms with Gasteiger partial charge >= 0.3 is 6.03 Å². The highest BCUT2D eigenvalue weighted by atomic mass is 16.2. The van der Waals surface area contributed by atoms with Crippen molar-refractivity contribution in [2.24, 2.45) is 5.92 Å². The molecule has 33 heavy (non-hydrogen) atoms. The van der Waals surface area contributed by atoms with Crippen molar-refractivity contribution in [3.8, 4) is 0 Å². The highest BCUT2D eigenvalue weighted by Crippen LogP contribution is 2.19. The first-order valence-electron chi connectivity index (χ1n) is 11.3. The van der Waals surface area contributed by atoms with Crippen molar-refractivity contribution in [3.05, 3.63) is 59.9 Å². The predicted molar refractivity (Wildman–Crippen MR) is 127 cm³/mol. The summed E-state index contributed by atoms with van der Waals surface area (Å²) in [6.45, 7) is 4.60. The van der Waals surface area contributed by atoms with E-state index in [0.717, 1.165) is 28.8 Å². The van der Waals surface area contributed by atoms with Crippen molar-refractivity contribution in [1.29, 1.82) is 0 Å². The van der Waals surface area contributed by atoms with Gasteiger partial charge in [0.1, 0.15) is 11.9 Å². The molecule has 0 aliphatic carbocycles. The number of nitrogens with one attached hydrogen (secondary N) is 3. The van der Waals surface area contributed by atoms with Crippen molar-refractivity contribution >= 4 is 34.6 Å². The van der Waals surface area contributed by atoms with Crippen LogP contribution in [0, 0.1) is 5.92 Å². The Bertz CT molecular complexity index is 1160. The Morgan fingerprint density at radius 3 is 2.70 bits per heavy atom. The highest BCUT2D eigenvalue weighted by Gasteiger charge is 2.37. The summed E-state index contributed by atoms with van der Waals surface area (Å²) in [6, 6.07) is 14.2. The van der Waals surface area contributed by atoms with Gasteiger partial charge in [0.25, 0.3) is 5.91 Å². The second kappa shape index (κ2) is 9.85. The van der Waals surface area contributed by atoms with Crippen LogP contribution in [-0.4, -0.2) is 45.3 Å². The molecule has 0 saturated carbocycles. The standard InChI is InChI=1S/C25H29N5O3/c1-16(2)14-22-27-19-9-8-18(15-21(19)28-22)26-23(31)11-10-20-24(32)30(25(33)29-20)13-12-17-6-4-3-5-7-17/h3-9,15-16,20H,10-14H2,1-2H3,(H,26,31)(H,27,28)(H,29,33)/t20-/m0/s1. The Hall–Kier alpha value is -3.68. The van der Waals surface area contributed by atoms with Gasteiger partial charge in [0, 0.05) is 25.1 Å². The molecule has 4 rings (SSSR count). The minimum absolute atomic E-state index is 0.128. The van der Waals surface area contributed by atoms with E-state index in [-0.39, 0.29) is 24.7 Å². The van der Waals surface area contributed by atoms with Gasteiger partial charge in [-0.15, -0.1) is 0 Å². The minimum Gasteiger partial charge on any atom is -0.342 e. The second-order valence-electron chi connectivity index (χ2n) is 8.83. The number of aromatic nitrogens is 2. The summed E-state index contributed by atoms with van der Waals surface area (Å²) in [5.41, 5.74) is 3.46. The fourth-order valence-electron chi connectivity index (χ4n) is 3.99. The molecule has 1 saturated heterocycles.